The normalized spacial score (nSPS) is 21.3. The standard InChI is InChI=1S/C24H28ClFN4O3/c1-15(31)27-20-7-6-18(26)12-22(20)30-13-21(23(32)14-30)28-19-8-10-29(11-9-19)24(33)16-2-4-17(25)5-3-16/h2-7,12,19,21,23,28,32H,8-11,13-14H2,1H3,(H,27,31)/t21?,23-/m1/s1. The summed E-state index contributed by atoms with van der Waals surface area (Å²) >= 11 is 5.91. The van der Waals surface area contributed by atoms with E-state index in [2.05, 4.69) is 10.6 Å². The summed E-state index contributed by atoms with van der Waals surface area (Å²) in [6.45, 7) is 3.48. The van der Waals surface area contributed by atoms with E-state index in [4.69, 9.17) is 11.6 Å². The maximum Gasteiger partial charge on any atom is 0.253 e. The molecule has 2 amide bonds. The van der Waals surface area contributed by atoms with Gasteiger partial charge in [0.15, 0.2) is 0 Å². The zero-order valence-electron chi connectivity index (χ0n) is 18.4. The molecule has 2 saturated heterocycles. The lowest BCUT2D eigenvalue weighted by molar-refractivity contribution is -0.114. The Kier molecular flexibility index (Phi) is 7.17. The van der Waals surface area contributed by atoms with Crippen molar-refractivity contribution >= 4 is 34.8 Å². The average Bonchev–Trinajstić information content (AvgIpc) is 3.15. The van der Waals surface area contributed by atoms with Crippen molar-refractivity contribution < 1.29 is 19.1 Å². The number of nitrogens with zero attached hydrogens (tertiary/aromatic N) is 2. The van der Waals surface area contributed by atoms with Crippen LogP contribution in [0.5, 0.6) is 0 Å². The van der Waals surface area contributed by atoms with E-state index in [0.717, 1.165) is 12.8 Å². The lowest BCUT2D eigenvalue weighted by atomic mass is 10.0. The predicted molar refractivity (Wildman–Crippen MR) is 126 cm³/mol. The van der Waals surface area contributed by atoms with Gasteiger partial charge in [0.25, 0.3) is 5.91 Å². The second kappa shape index (κ2) is 10.1. The number of piperidine rings is 1. The Labute approximate surface area is 197 Å². The van der Waals surface area contributed by atoms with Crippen LogP contribution in [-0.2, 0) is 4.79 Å². The van der Waals surface area contributed by atoms with E-state index >= 15 is 0 Å². The van der Waals surface area contributed by atoms with E-state index in [1.54, 1.807) is 24.3 Å². The van der Waals surface area contributed by atoms with Crippen LogP contribution in [0.15, 0.2) is 42.5 Å². The van der Waals surface area contributed by atoms with Gasteiger partial charge >= 0.3 is 0 Å². The molecule has 0 radical (unpaired) electrons. The maximum absolute atomic E-state index is 13.9. The van der Waals surface area contributed by atoms with Crippen molar-refractivity contribution in [1.29, 1.82) is 0 Å². The minimum Gasteiger partial charge on any atom is -0.390 e. The van der Waals surface area contributed by atoms with E-state index in [9.17, 15) is 19.1 Å². The van der Waals surface area contributed by atoms with Crippen LogP contribution in [0.25, 0.3) is 0 Å². The molecule has 2 aliphatic rings. The molecule has 0 bridgehead atoms. The first-order valence-corrected chi connectivity index (χ1v) is 11.5. The third kappa shape index (κ3) is 5.63. The van der Waals surface area contributed by atoms with Crippen LogP contribution in [0.1, 0.15) is 30.1 Å². The zero-order chi connectivity index (χ0) is 23.5. The predicted octanol–water partition coefficient (Wildman–Crippen LogP) is 2.88. The number of carbonyl (C=O) groups is 2. The second-order valence-electron chi connectivity index (χ2n) is 8.66. The first kappa shape index (κ1) is 23.5. The fraction of sp³-hybridized carbons (Fsp3) is 0.417. The molecule has 0 spiro atoms. The van der Waals surface area contributed by atoms with Gasteiger partial charge in [-0.1, -0.05) is 11.6 Å². The van der Waals surface area contributed by atoms with Crippen molar-refractivity contribution in [3.63, 3.8) is 0 Å². The van der Waals surface area contributed by atoms with Gasteiger partial charge in [-0.05, 0) is 55.3 Å². The van der Waals surface area contributed by atoms with E-state index in [-0.39, 0.29) is 23.9 Å². The Bertz CT molecular complexity index is 1010. The number of benzene rings is 2. The summed E-state index contributed by atoms with van der Waals surface area (Å²) < 4.78 is 13.9. The number of anilines is 2. The quantitative estimate of drug-likeness (QED) is 0.620. The molecule has 4 rings (SSSR count). The molecule has 2 aromatic rings. The van der Waals surface area contributed by atoms with Gasteiger partial charge in [-0.25, -0.2) is 4.39 Å². The van der Waals surface area contributed by atoms with Crippen molar-refractivity contribution in [3.05, 3.63) is 58.9 Å². The average molecular weight is 475 g/mol. The number of likely N-dealkylation sites (tertiary alicyclic amines) is 1. The summed E-state index contributed by atoms with van der Waals surface area (Å²) in [7, 11) is 0. The summed E-state index contributed by atoms with van der Waals surface area (Å²) in [5.41, 5.74) is 1.69. The summed E-state index contributed by atoms with van der Waals surface area (Å²) in [6.07, 6.45) is 0.923. The van der Waals surface area contributed by atoms with Crippen LogP contribution >= 0.6 is 11.6 Å². The number of halogens is 2. The molecular weight excluding hydrogens is 447 g/mol. The summed E-state index contributed by atoms with van der Waals surface area (Å²) in [6, 6.07) is 11.1. The van der Waals surface area contributed by atoms with Crippen molar-refractivity contribution in [2.45, 2.75) is 38.0 Å². The summed E-state index contributed by atoms with van der Waals surface area (Å²) in [5.74, 6) is -0.645. The van der Waals surface area contributed by atoms with Crippen molar-refractivity contribution in [1.82, 2.24) is 10.2 Å². The molecule has 9 heteroatoms. The topological polar surface area (TPSA) is 84.9 Å². The van der Waals surface area contributed by atoms with Gasteiger partial charge in [-0.3, -0.25) is 9.59 Å². The smallest absolute Gasteiger partial charge is 0.253 e. The lowest BCUT2D eigenvalue weighted by Gasteiger charge is -2.34. The molecular formula is C24H28ClFN4O3. The number of aliphatic hydroxyl groups excluding tert-OH is 1. The van der Waals surface area contributed by atoms with Gasteiger partial charge in [0.2, 0.25) is 5.91 Å². The Morgan fingerprint density at radius 1 is 1.09 bits per heavy atom. The molecule has 2 aliphatic heterocycles. The molecule has 2 fully saturated rings. The van der Waals surface area contributed by atoms with Crippen molar-refractivity contribution in [2.24, 2.45) is 0 Å². The number of β-amino-alcohol motifs (C(OH)–C–C–N with tert-alkyl or cyclic N) is 1. The van der Waals surface area contributed by atoms with Crippen LogP contribution in [0.4, 0.5) is 15.8 Å². The number of carbonyl (C=O) groups excluding carboxylic acids is 2. The molecule has 2 heterocycles. The Morgan fingerprint density at radius 3 is 2.45 bits per heavy atom. The number of amides is 2. The highest BCUT2D eigenvalue weighted by Crippen LogP contribution is 2.30. The molecule has 176 valence electrons. The first-order chi connectivity index (χ1) is 15.8. The number of hydrogen-bond donors (Lipinski definition) is 3. The van der Waals surface area contributed by atoms with Crippen molar-refractivity contribution in [3.8, 4) is 0 Å². The fourth-order valence-corrected chi connectivity index (χ4v) is 4.66. The SMILES string of the molecule is CC(=O)Nc1ccc(F)cc1N1CC(NC2CCN(C(=O)c3ccc(Cl)cc3)CC2)[C@H](O)C1. The minimum atomic E-state index is -0.632. The van der Waals surface area contributed by atoms with Crippen LogP contribution in [0.3, 0.4) is 0 Å². The number of rotatable bonds is 5. The molecule has 7 nitrogen and oxygen atoms in total. The third-order valence-electron chi connectivity index (χ3n) is 6.22. The molecule has 0 aliphatic carbocycles. The van der Waals surface area contributed by atoms with Gasteiger partial charge in [0.05, 0.1) is 23.5 Å². The second-order valence-corrected chi connectivity index (χ2v) is 9.10. The van der Waals surface area contributed by atoms with E-state index in [1.807, 2.05) is 9.80 Å². The van der Waals surface area contributed by atoms with E-state index in [0.29, 0.717) is 48.1 Å². The Morgan fingerprint density at radius 2 is 1.79 bits per heavy atom. The summed E-state index contributed by atoms with van der Waals surface area (Å²) in [5, 5.41) is 17.5. The van der Waals surface area contributed by atoms with Crippen LogP contribution in [0.2, 0.25) is 5.02 Å². The lowest BCUT2D eigenvalue weighted by Crippen LogP contribution is -2.50. The van der Waals surface area contributed by atoms with Crippen molar-refractivity contribution in [2.75, 3.05) is 36.4 Å². The van der Waals surface area contributed by atoms with Gasteiger partial charge in [0, 0.05) is 49.7 Å². The number of hydrogen-bond acceptors (Lipinski definition) is 5. The molecule has 33 heavy (non-hydrogen) atoms. The highest BCUT2D eigenvalue weighted by atomic mass is 35.5. The minimum absolute atomic E-state index is 0.00574. The fourth-order valence-electron chi connectivity index (χ4n) is 4.54. The molecule has 3 N–H and O–H groups in total. The van der Waals surface area contributed by atoms with Crippen LogP contribution < -0.4 is 15.5 Å². The maximum atomic E-state index is 13.9. The van der Waals surface area contributed by atoms with Gasteiger partial charge in [-0.15, -0.1) is 0 Å². The highest BCUT2D eigenvalue weighted by Gasteiger charge is 2.35. The third-order valence-corrected chi connectivity index (χ3v) is 6.48. The molecule has 0 aromatic heterocycles. The monoisotopic (exact) mass is 474 g/mol. The van der Waals surface area contributed by atoms with Gasteiger partial charge in [0.1, 0.15) is 5.82 Å². The van der Waals surface area contributed by atoms with Gasteiger partial charge in [-0.2, -0.15) is 0 Å². The van der Waals surface area contributed by atoms with Crippen LogP contribution in [-0.4, -0.2) is 66.2 Å². The molecule has 2 atom stereocenters. The molecule has 1 unspecified atom stereocenters. The molecule has 2 aromatic carbocycles. The Balaban J connectivity index is 1.34. The largest absolute Gasteiger partial charge is 0.390 e. The zero-order valence-corrected chi connectivity index (χ0v) is 19.2. The van der Waals surface area contributed by atoms with Gasteiger partial charge < -0.3 is 25.5 Å². The first-order valence-electron chi connectivity index (χ1n) is 11.1. The van der Waals surface area contributed by atoms with E-state index in [1.165, 1.54) is 25.1 Å². The summed E-state index contributed by atoms with van der Waals surface area (Å²) in [4.78, 5) is 27.9. The number of aliphatic hydroxyl groups is 1. The number of nitrogens with one attached hydrogen (secondary N) is 2. The van der Waals surface area contributed by atoms with Crippen LogP contribution in [0, 0.1) is 5.82 Å². The highest BCUT2D eigenvalue weighted by molar-refractivity contribution is 6.30. The molecule has 0 saturated carbocycles. The van der Waals surface area contributed by atoms with E-state index < -0.39 is 11.9 Å². The Hall–Kier alpha value is -2.68.